The van der Waals surface area contributed by atoms with E-state index < -0.39 is 0 Å². The molecule has 0 aromatic carbocycles. The Labute approximate surface area is 125 Å². The molecule has 0 spiro atoms. The number of likely N-dealkylation sites (N-methyl/N-ethyl adjacent to an activating group) is 1. The van der Waals surface area contributed by atoms with Crippen molar-refractivity contribution < 1.29 is 14.0 Å². The lowest BCUT2D eigenvalue weighted by atomic mass is 10.1. The molecule has 0 amide bonds. The van der Waals surface area contributed by atoms with Gasteiger partial charge >= 0.3 is 5.97 Å². The minimum atomic E-state index is 0.0531. The van der Waals surface area contributed by atoms with Crippen LogP contribution >= 0.6 is 0 Å². The summed E-state index contributed by atoms with van der Waals surface area (Å²) in [5, 5.41) is 0. The predicted octanol–water partition coefficient (Wildman–Crippen LogP) is 3.77. The fourth-order valence-corrected chi connectivity index (χ4v) is 3.62. The third kappa shape index (κ3) is 4.47. The van der Waals surface area contributed by atoms with Gasteiger partial charge in [-0.25, -0.2) is 0 Å². The number of hydrogen-bond acceptors (Lipinski definition) is 2. The van der Waals surface area contributed by atoms with Gasteiger partial charge in [0.2, 0.25) is 0 Å². The number of carbonyl (C=O) groups is 1. The Bertz CT molecular complexity index is 287. The van der Waals surface area contributed by atoms with Gasteiger partial charge in [-0.05, 0) is 39.5 Å². The van der Waals surface area contributed by atoms with Crippen molar-refractivity contribution in [2.45, 2.75) is 72.3 Å². The zero-order chi connectivity index (χ0) is 15.0. The summed E-state index contributed by atoms with van der Waals surface area (Å²) in [6.07, 6.45) is 6.83. The van der Waals surface area contributed by atoms with E-state index in [0.717, 1.165) is 30.4 Å². The molecule has 1 saturated carbocycles. The molecule has 0 N–H and O–H groups in total. The summed E-state index contributed by atoms with van der Waals surface area (Å²) in [5.74, 6) is 0.241. The van der Waals surface area contributed by atoms with Crippen LogP contribution in [0.15, 0.2) is 0 Å². The van der Waals surface area contributed by atoms with Crippen LogP contribution in [0.25, 0.3) is 0 Å². The molecule has 1 aliphatic rings. The Morgan fingerprint density at radius 1 is 1.20 bits per heavy atom. The number of esters is 1. The van der Waals surface area contributed by atoms with Crippen LogP contribution in [0.4, 0.5) is 0 Å². The Hall–Kier alpha value is -0.570. The number of rotatable bonds is 9. The molecule has 2 unspecified atom stereocenters. The fraction of sp³-hybridized carbons (Fsp3) is 0.941. The van der Waals surface area contributed by atoms with Gasteiger partial charge in [0.15, 0.2) is 0 Å². The molecule has 0 heterocycles. The Balaban J connectivity index is 2.46. The largest absolute Gasteiger partial charge is 0.459 e. The van der Waals surface area contributed by atoms with Crippen LogP contribution in [-0.2, 0) is 9.53 Å². The third-order valence-corrected chi connectivity index (χ3v) is 5.29. The lowest BCUT2D eigenvalue weighted by molar-refractivity contribution is -0.948. The van der Waals surface area contributed by atoms with E-state index in [1.165, 1.54) is 32.2 Å². The summed E-state index contributed by atoms with van der Waals surface area (Å²) in [6.45, 7) is 13.0. The molecule has 3 nitrogen and oxygen atoms in total. The molecule has 0 bridgehead atoms. The van der Waals surface area contributed by atoms with Crippen molar-refractivity contribution in [2.24, 2.45) is 5.92 Å². The number of quaternary nitrogens is 1. The SMILES string of the molecule is CCC[N+](CC)(CCOC(=O)C1CCCC1)C(C)CC. The summed E-state index contributed by atoms with van der Waals surface area (Å²) in [6, 6.07) is 0.644. The van der Waals surface area contributed by atoms with E-state index in [9.17, 15) is 4.79 Å². The molecule has 0 aromatic rings. The quantitative estimate of drug-likeness (QED) is 0.476. The second-order valence-electron chi connectivity index (χ2n) is 6.39. The van der Waals surface area contributed by atoms with Gasteiger partial charge in [0.05, 0.1) is 25.0 Å². The average Bonchev–Trinajstić information content (AvgIpc) is 2.99. The maximum Gasteiger partial charge on any atom is 0.309 e. The van der Waals surface area contributed by atoms with Crippen LogP contribution in [0, 0.1) is 5.92 Å². The number of hydrogen-bond donors (Lipinski definition) is 0. The van der Waals surface area contributed by atoms with Crippen LogP contribution in [0.3, 0.4) is 0 Å². The van der Waals surface area contributed by atoms with Crippen molar-refractivity contribution in [3.63, 3.8) is 0 Å². The molecule has 118 valence electrons. The van der Waals surface area contributed by atoms with E-state index in [4.69, 9.17) is 4.74 Å². The van der Waals surface area contributed by atoms with E-state index in [1.807, 2.05) is 0 Å². The normalized spacial score (nSPS) is 20.6. The highest BCUT2D eigenvalue weighted by Gasteiger charge is 2.31. The van der Waals surface area contributed by atoms with Gasteiger partial charge in [-0.2, -0.15) is 0 Å². The predicted molar refractivity (Wildman–Crippen MR) is 83.5 cm³/mol. The van der Waals surface area contributed by atoms with Gasteiger partial charge in [-0.15, -0.1) is 0 Å². The monoisotopic (exact) mass is 284 g/mol. The van der Waals surface area contributed by atoms with E-state index >= 15 is 0 Å². The molecular formula is C17H34NO2+. The van der Waals surface area contributed by atoms with Gasteiger partial charge in [-0.3, -0.25) is 4.79 Å². The summed E-state index contributed by atoms with van der Waals surface area (Å²) in [4.78, 5) is 12.0. The van der Waals surface area contributed by atoms with Gasteiger partial charge in [0.1, 0.15) is 13.2 Å². The van der Waals surface area contributed by atoms with Crippen LogP contribution in [0.1, 0.15) is 66.2 Å². The van der Waals surface area contributed by atoms with Gasteiger partial charge in [0, 0.05) is 0 Å². The Morgan fingerprint density at radius 3 is 2.35 bits per heavy atom. The van der Waals surface area contributed by atoms with E-state index in [1.54, 1.807) is 0 Å². The lowest BCUT2D eigenvalue weighted by Gasteiger charge is -2.42. The van der Waals surface area contributed by atoms with Crippen molar-refractivity contribution in [3.8, 4) is 0 Å². The zero-order valence-electron chi connectivity index (χ0n) is 14.0. The fourth-order valence-electron chi connectivity index (χ4n) is 3.62. The molecule has 1 aliphatic carbocycles. The van der Waals surface area contributed by atoms with Crippen LogP contribution in [0.2, 0.25) is 0 Å². The molecule has 0 saturated heterocycles. The minimum Gasteiger partial charge on any atom is -0.459 e. The first kappa shape index (κ1) is 17.5. The van der Waals surface area contributed by atoms with E-state index in [0.29, 0.717) is 12.6 Å². The van der Waals surface area contributed by atoms with Gasteiger partial charge < -0.3 is 9.22 Å². The van der Waals surface area contributed by atoms with Crippen molar-refractivity contribution in [2.75, 3.05) is 26.2 Å². The molecule has 0 aromatic heterocycles. The highest BCUT2D eigenvalue weighted by atomic mass is 16.5. The maximum absolute atomic E-state index is 12.0. The molecule has 1 rings (SSSR count). The first-order valence-corrected chi connectivity index (χ1v) is 8.62. The summed E-state index contributed by atoms with van der Waals surface area (Å²) in [5.41, 5.74) is 0. The smallest absolute Gasteiger partial charge is 0.309 e. The highest BCUT2D eigenvalue weighted by molar-refractivity contribution is 5.72. The Kier molecular flexibility index (Phi) is 7.57. The van der Waals surface area contributed by atoms with Crippen molar-refractivity contribution in [1.82, 2.24) is 0 Å². The maximum atomic E-state index is 12.0. The Morgan fingerprint density at radius 2 is 1.85 bits per heavy atom. The molecule has 0 radical (unpaired) electrons. The van der Waals surface area contributed by atoms with Crippen LogP contribution in [-0.4, -0.2) is 42.7 Å². The summed E-state index contributed by atoms with van der Waals surface area (Å²) >= 11 is 0. The highest BCUT2D eigenvalue weighted by Crippen LogP contribution is 2.26. The van der Waals surface area contributed by atoms with Crippen LogP contribution in [0.5, 0.6) is 0 Å². The molecule has 3 heteroatoms. The third-order valence-electron chi connectivity index (χ3n) is 5.29. The lowest BCUT2D eigenvalue weighted by Crippen LogP contribution is -2.56. The number of ether oxygens (including phenoxy) is 1. The second-order valence-corrected chi connectivity index (χ2v) is 6.39. The summed E-state index contributed by atoms with van der Waals surface area (Å²) in [7, 11) is 0. The molecular weight excluding hydrogens is 250 g/mol. The zero-order valence-corrected chi connectivity index (χ0v) is 14.0. The van der Waals surface area contributed by atoms with Crippen molar-refractivity contribution >= 4 is 5.97 Å². The second kappa shape index (κ2) is 8.66. The molecule has 0 aliphatic heterocycles. The van der Waals surface area contributed by atoms with E-state index in [-0.39, 0.29) is 11.9 Å². The van der Waals surface area contributed by atoms with Crippen molar-refractivity contribution in [1.29, 1.82) is 0 Å². The first-order chi connectivity index (χ1) is 9.59. The van der Waals surface area contributed by atoms with Crippen molar-refractivity contribution in [3.05, 3.63) is 0 Å². The van der Waals surface area contributed by atoms with Gasteiger partial charge in [0.25, 0.3) is 0 Å². The topological polar surface area (TPSA) is 26.3 Å². The standard InChI is InChI=1S/C17H34NO2/c1-5-12-18(7-3,15(4)6-2)13-14-20-17(19)16-10-8-9-11-16/h15-16H,5-14H2,1-4H3/q+1. The number of nitrogens with zero attached hydrogens (tertiary/aromatic N) is 1. The molecule has 1 fully saturated rings. The first-order valence-electron chi connectivity index (χ1n) is 8.62. The van der Waals surface area contributed by atoms with Crippen LogP contribution < -0.4 is 0 Å². The number of carbonyl (C=O) groups excluding carboxylic acids is 1. The average molecular weight is 284 g/mol. The molecule has 20 heavy (non-hydrogen) atoms. The van der Waals surface area contributed by atoms with Gasteiger partial charge in [-0.1, -0.05) is 26.7 Å². The molecule has 2 atom stereocenters. The minimum absolute atomic E-state index is 0.0531. The summed E-state index contributed by atoms with van der Waals surface area (Å²) < 4.78 is 6.66. The van der Waals surface area contributed by atoms with E-state index in [2.05, 4.69) is 27.7 Å².